The largest absolute Gasteiger partial charge is 0.480 e. The molecular formula is C21H18N2O3S. The maximum atomic E-state index is 13.2. The van der Waals surface area contributed by atoms with E-state index >= 15 is 0 Å². The Morgan fingerprint density at radius 2 is 1.96 bits per heavy atom. The van der Waals surface area contributed by atoms with E-state index in [1.54, 1.807) is 13.8 Å². The summed E-state index contributed by atoms with van der Waals surface area (Å²) in [5.74, 6) is -0.597. The van der Waals surface area contributed by atoms with Crippen LogP contribution in [0.1, 0.15) is 25.2 Å². The molecule has 136 valence electrons. The van der Waals surface area contributed by atoms with Gasteiger partial charge in [0.2, 0.25) is 0 Å². The third kappa shape index (κ3) is 2.82. The van der Waals surface area contributed by atoms with Crippen molar-refractivity contribution < 1.29 is 9.90 Å². The molecule has 0 saturated carbocycles. The van der Waals surface area contributed by atoms with Gasteiger partial charge < -0.3 is 5.11 Å². The normalized spacial score (nSPS) is 12.5. The molecule has 0 aliphatic heterocycles. The van der Waals surface area contributed by atoms with Gasteiger partial charge in [-0.2, -0.15) is 0 Å². The van der Waals surface area contributed by atoms with Gasteiger partial charge in [-0.25, -0.2) is 9.78 Å². The molecule has 2 aromatic carbocycles. The molecule has 6 heteroatoms. The minimum Gasteiger partial charge on any atom is -0.480 e. The molecule has 2 heterocycles. The zero-order chi connectivity index (χ0) is 19.1. The van der Waals surface area contributed by atoms with Gasteiger partial charge in [0, 0.05) is 10.9 Å². The lowest BCUT2D eigenvalue weighted by Gasteiger charge is -2.16. The number of hydrogen-bond acceptors (Lipinski definition) is 4. The van der Waals surface area contributed by atoms with E-state index in [-0.39, 0.29) is 5.56 Å². The molecule has 0 aliphatic carbocycles. The van der Waals surface area contributed by atoms with Gasteiger partial charge >= 0.3 is 5.97 Å². The van der Waals surface area contributed by atoms with Crippen molar-refractivity contribution in [2.75, 3.05) is 0 Å². The van der Waals surface area contributed by atoms with Crippen LogP contribution in [0, 0.1) is 6.92 Å². The van der Waals surface area contributed by atoms with Gasteiger partial charge in [0.1, 0.15) is 16.7 Å². The Morgan fingerprint density at radius 1 is 1.22 bits per heavy atom. The monoisotopic (exact) mass is 378 g/mol. The molecule has 4 aromatic rings. The Labute approximate surface area is 159 Å². The molecule has 0 bridgehead atoms. The lowest BCUT2D eigenvalue weighted by atomic mass is 10.0. The van der Waals surface area contributed by atoms with Crippen LogP contribution in [-0.4, -0.2) is 20.6 Å². The quantitative estimate of drug-likeness (QED) is 0.562. The van der Waals surface area contributed by atoms with Gasteiger partial charge in [-0.1, -0.05) is 43.3 Å². The molecule has 0 spiro atoms. The van der Waals surface area contributed by atoms with Crippen LogP contribution in [-0.2, 0) is 4.79 Å². The highest BCUT2D eigenvalue weighted by atomic mass is 32.1. The molecule has 0 saturated heterocycles. The SMILES string of the molecule is CCC(C(=O)O)n1c(C)nc2scc(-c3ccc4ccccc4c3)c2c1=O. The number of nitrogens with zero attached hydrogens (tertiary/aromatic N) is 2. The summed E-state index contributed by atoms with van der Waals surface area (Å²) in [6.07, 6.45) is 0.318. The van der Waals surface area contributed by atoms with E-state index in [4.69, 9.17) is 0 Å². The van der Waals surface area contributed by atoms with Crippen molar-refractivity contribution in [3.05, 3.63) is 64.0 Å². The number of hydrogen-bond donors (Lipinski definition) is 1. The minimum absolute atomic E-state index is 0.295. The summed E-state index contributed by atoms with van der Waals surface area (Å²) in [5, 5.41) is 14.1. The average molecular weight is 378 g/mol. The predicted molar refractivity (Wildman–Crippen MR) is 109 cm³/mol. The van der Waals surface area contributed by atoms with E-state index in [0.717, 1.165) is 21.9 Å². The lowest BCUT2D eigenvalue weighted by Crippen LogP contribution is -2.32. The molecule has 0 radical (unpaired) electrons. The molecule has 0 aliphatic rings. The maximum Gasteiger partial charge on any atom is 0.326 e. The van der Waals surface area contributed by atoms with E-state index in [2.05, 4.69) is 11.1 Å². The van der Waals surface area contributed by atoms with Crippen molar-refractivity contribution in [1.82, 2.24) is 9.55 Å². The molecule has 1 unspecified atom stereocenters. The first kappa shape index (κ1) is 17.4. The number of rotatable bonds is 4. The van der Waals surface area contributed by atoms with Crippen LogP contribution in [0.3, 0.4) is 0 Å². The summed E-state index contributed by atoms with van der Waals surface area (Å²) < 4.78 is 1.31. The van der Waals surface area contributed by atoms with E-state index < -0.39 is 12.0 Å². The molecular weight excluding hydrogens is 360 g/mol. The Hall–Kier alpha value is -2.99. The maximum absolute atomic E-state index is 13.2. The molecule has 1 N–H and O–H groups in total. The first-order valence-electron chi connectivity index (χ1n) is 8.73. The van der Waals surface area contributed by atoms with Crippen LogP contribution in [0.25, 0.3) is 32.1 Å². The second-order valence-electron chi connectivity index (χ2n) is 6.49. The van der Waals surface area contributed by atoms with Crippen LogP contribution in [0.2, 0.25) is 0 Å². The summed E-state index contributed by atoms with van der Waals surface area (Å²) >= 11 is 1.41. The molecule has 5 nitrogen and oxygen atoms in total. The smallest absolute Gasteiger partial charge is 0.326 e. The Morgan fingerprint density at radius 3 is 2.67 bits per heavy atom. The number of thiophene rings is 1. The van der Waals surface area contributed by atoms with Crippen molar-refractivity contribution in [2.45, 2.75) is 26.3 Å². The number of carboxylic acids is 1. The van der Waals surface area contributed by atoms with Crippen molar-refractivity contribution >= 4 is 38.3 Å². The van der Waals surface area contributed by atoms with Crippen LogP contribution >= 0.6 is 11.3 Å². The van der Waals surface area contributed by atoms with Crippen LogP contribution < -0.4 is 5.56 Å². The fraction of sp³-hybridized carbons (Fsp3) is 0.190. The molecule has 0 amide bonds. The fourth-order valence-corrected chi connectivity index (χ4v) is 4.49. The lowest BCUT2D eigenvalue weighted by molar-refractivity contribution is -0.141. The Bertz CT molecular complexity index is 1240. The predicted octanol–water partition coefficient (Wildman–Crippen LogP) is 4.62. The molecule has 27 heavy (non-hydrogen) atoms. The number of carbonyl (C=O) groups is 1. The Kier molecular flexibility index (Phi) is 4.28. The zero-order valence-corrected chi connectivity index (χ0v) is 15.8. The van der Waals surface area contributed by atoms with Crippen LogP contribution in [0.4, 0.5) is 0 Å². The van der Waals surface area contributed by atoms with Gasteiger partial charge in [-0.15, -0.1) is 11.3 Å². The minimum atomic E-state index is -1.02. The van der Waals surface area contributed by atoms with Gasteiger partial charge in [-0.05, 0) is 35.7 Å². The number of aliphatic carboxylic acids is 1. The number of benzene rings is 2. The van der Waals surface area contributed by atoms with Crippen molar-refractivity contribution in [1.29, 1.82) is 0 Å². The van der Waals surface area contributed by atoms with Crippen molar-refractivity contribution in [3.8, 4) is 11.1 Å². The van der Waals surface area contributed by atoms with E-state index in [0.29, 0.717) is 22.5 Å². The molecule has 4 rings (SSSR count). The number of aryl methyl sites for hydroxylation is 1. The molecule has 0 fully saturated rings. The first-order valence-corrected chi connectivity index (χ1v) is 9.61. The second kappa shape index (κ2) is 6.63. The van der Waals surface area contributed by atoms with Gasteiger partial charge in [-0.3, -0.25) is 9.36 Å². The highest BCUT2D eigenvalue weighted by Gasteiger charge is 2.24. The van der Waals surface area contributed by atoms with Crippen molar-refractivity contribution in [2.24, 2.45) is 0 Å². The van der Waals surface area contributed by atoms with Gasteiger partial charge in [0.25, 0.3) is 5.56 Å². The summed E-state index contributed by atoms with van der Waals surface area (Å²) in [5.41, 5.74) is 1.43. The summed E-state index contributed by atoms with van der Waals surface area (Å²) in [4.78, 5) is 30.0. The van der Waals surface area contributed by atoms with Gasteiger partial charge in [0.05, 0.1) is 5.39 Å². The summed E-state index contributed by atoms with van der Waals surface area (Å²) in [6.45, 7) is 3.44. The standard InChI is InChI=1S/C21H18N2O3S/c1-3-17(21(25)26)23-12(2)22-19-18(20(23)24)16(11-27-19)15-9-8-13-6-4-5-7-14(13)10-15/h4-11,17H,3H2,1-2H3,(H,25,26). The van der Waals surface area contributed by atoms with E-state index in [1.807, 2.05) is 41.8 Å². The topological polar surface area (TPSA) is 72.2 Å². The van der Waals surface area contributed by atoms with Crippen LogP contribution in [0.15, 0.2) is 52.6 Å². The highest BCUT2D eigenvalue weighted by molar-refractivity contribution is 7.17. The van der Waals surface area contributed by atoms with Gasteiger partial charge in [0.15, 0.2) is 0 Å². The molecule has 1 atom stereocenters. The number of fused-ring (bicyclic) bond motifs is 2. The third-order valence-electron chi connectivity index (χ3n) is 4.86. The average Bonchev–Trinajstić information content (AvgIpc) is 3.08. The molecule has 2 aromatic heterocycles. The van der Waals surface area contributed by atoms with E-state index in [1.165, 1.54) is 15.9 Å². The first-order chi connectivity index (χ1) is 13.0. The third-order valence-corrected chi connectivity index (χ3v) is 5.73. The zero-order valence-electron chi connectivity index (χ0n) is 15.0. The summed E-state index contributed by atoms with van der Waals surface area (Å²) in [6, 6.07) is 13.2. The number of aromatic nitrogens is 2. The Balaban J connectivity index is 1.99. The van der Waals surface area contributed by atoms with Crippen LogP contribution in [0.5, 0.6) is 0 Å². The van der Waals surface area contributed by atoms with E-state index in [9.17, 15) is 14.7 Å². The number of carboxylic acid groups (broad SMARTS) is 1. The highest BCUT2D eigenvalue weighted by Crippen LogP contribution is 2.33. The van der Waals surface area contributed by atoms with Crippen molar-refractivity contribution in [3.63, 3.8) is 0 Å². The second-order valence-corrected chi connectivity index (χ2v) is 7.35. The summed E-state index contributed by atoms with van der Waals surface area (Å²) in [7, 11) is 0. The fourth-order valence-electron chi connectivity index (χ4n) is 3.51.